The SMILES string of the molecule is CCC(CC)n1ccc(Cn2cc(CNC3CC3)nn2)n1. The van der Waals surface area contributed by atoms with Gasteiger partial charge in [0.2, 0.25) is 0 Å². The van der Waals surface area contributed by atoms with Gasteiger partial charge < -0.3 is 5.32 Å². The van der Waals surface area contributed by atoms with Crippen molar-refractivity contribution in [3.05, 3.63) is 29.8 Å². The van der Waals surface area contributed by atoms with Crippen LogP contribution in [-0.2, 0) is 13.1 Å². The smallest absolute Gasteiger partial charge is 0.0965 e. The molecule has 6 heteroatoms. The summed E-state index contributed by atoms with van der Waals surface area (Å²) in [6.45, 7) is 5.90. The third kappa shape index (κ3) is 3.69. The Morgan fingerprint density at radius 1 is 1.29 bits per heavy atom. The molecule has 0 radical (unpaired) electrons. The van der Waals surface area contributed by atoms with Gasteiger partial charge in [-0.05, 0) is 31.7 Å². The van der Waals surface area contributed by atoms with E-state index < -0.39 is 0 Å². The largest absolute Gasteiger partial charge is 0.308 e. The van der Waals surface area contributed by atoms with E-state index >= 15 is 0 Å². The summed E-state index contributed by atoms with van der Waals surface area (Å²) >= 11 is 0. The van der Waals surface area contributed by atoms with Gasteiger partial charge in [0.05, 0.1) is 30.2 Å². The molecule has 2 aromatic rings. The molecule has 114 valence electrons. The lowest BCUT2D eigenvalue weighted by molar-refractivity contribution is 0.423. The van der Waals surface area contributed by atoms with E-state index in [-0.39, 0.29) is 0 Å². The quantitative estimate of drug-likeness (QED) is 0.808. The summed E-state index contributed by atoms with van der Waals surface area (Å²) in [5, 5.41) is 16.5. The van der Waals surface area contributed by atoms with Gasteiger partial charge in [0, 0.05) is 18.8 Å². The average molecular weight is 288 g/mol. The fourth-order valence-electron chi connectivity index (χ4n) is 2.53. The van der Waals surface area contributed by atoms with Gasteiger partial charge in [0.15, 0.2) is 0 Å². The standard InChI is InChI=1S/C15H24N6/c1-3-15(4-2)21-8-7-13(18-21)10-20-11-14(17-19-20)9-16-12-5-6-12/h7-8,11-12,15-16H,3-6,9-10H2,1-2H3. The molecule has 2 heterocycles. The highest BCUT2D eigenvalue weighted by atomic mass is 15.4. The summed E-state index contributed by atoms with van der Waals surface area (Å²) in [6.07, 6.45) is 8.88. The van der Waals surface area contributed by atoms with Crippen LogP contribution >= 0.6 is 0 Å². The van der Waals surface area contributed by atoms with Gasteiger partial charge in [-0.15, -0.1) is 5.10 Å². The molecular weight excluding hydrogens is 264 g/mol. The first-order chi connectivity index (χ1) is 10.3. The van der Waals surface area contributed by atoms with Crippen LogP contribution in [0.3, 0.4) is 0 Å². The lowest BCUT2D eigenvalue weighted by atomic mass is 10.2. The number of hydrogen-bond acceptors (Lipinski definition) is 4. The van der Waals surface area contributed by atoms with Crippen molar-refractivity contribution in [1.29, 1.82) is 0 Å². The molecule has 0 spiro atoms. The molecule has 1 aliphatic rings. The average Bonchev–Trinajstić information content (AvgIpc) is 3.04. The predicted molar refractivity (Wildman–Crippen MR) is 80.8 cm³/mol. The molecule has 0 aliphatic heterocycles. The Morgan fingerprint density at radius 3 is 2.81 bits per heavy atom. The monoisotopic (exact) mass is 288 g/mol. The van der Waals surface area contributed by atoms with E-state index in [1.54, 1.807) is 0 Å². The van der Waals surface area contributed by atoms with Gasteiger partial charge >= 0.3 is 0 Å². The highest BCUT2D eigenvalue weighted by molar-refractivity contribution is 5.02. The minimum Gasteiger partial charge on any atom is -0.308 e. The first kappa shape index (κ1) is 14.3. The van der Waals surface area contributed by atoms with Crippen LogP contribution in [-0.4, -0.2) is 30.8 Å². The molecule has 21 heavy (non-hydrogen) atoms. The van der Waals surface area contributed by atoms with Crippen LogP contribution in [0.2, 0.25) is 0 Å². The van der Waals surface area contributed by atoms with Crippen LogP contribution in [0.1, 0.15) is 57.0 Å². The van der Waals surface area contributed by atoms with E-state index in [1.165, 1.54) is 12.8 Å². The lowest BCUT2D eigenvalue weighted by Crippen LogP contribution is -2.15. The second-order valence-electron chi connectivity index (χ2n) is 5.82. The summed E-state index contributed by atoms with van der Waals surface area (Å²) in [7, 11) is 0. The van der Waals surface area contributed by atoms with Crippen molar-refractivity contribution in [2.24, 2.45) is 0 Å². The van der Waals surface area contributed by atoms with Crippen LogP contribution in [0.5, 0.6) is 0 Å². The Labute approximate surface area is 125 Å². The second-order valence-corrected chi connectivity index (χ2v) is 5.82. The van der Waals surface area contributed by atoms with E-state index in [1.807, 2.05) is 10.9 Å². The maximum atomic E-state index is 4.65. The Balaban J connectivity index is 1.58. The lowest BCUT2D eigenvalue weighted by Gasteiger charge is -2.12. The zero-order valence-corrected chi connectivity index (χ0v) is 12.9. The zero-order chi connectivity index (χ0) is 14.7. The first-order valence-corrected chi connectivity index (χ1v) is 7.95. The van der Waals surface area contributed by atoms with E-state index in [9.17, 15) is 0 Å². The number of aromatic nitrogens is 5. The van der Waals surface area contributed by atoms with Gasteiger partial charge in [0.1, 0.15) is 0 Å². The summed E-state index contributed by atoms with van der Waals surface area (Å²) < 4.78 is 3.94. The van der Waals surface area contributed by atoms with Gasteiger partial charge in [-0.2, -0.15) is 5.10 Å². The topological polar surface area (TPSA) is 60.6 Å². The third-order valence-electron chi connectivity index (χ3n) is 4.04. The van der Waals surface area contributed by atoms with Crippen LogP contribution in [0.4, 0.5) is 0 Å². The Morgan fingerprint density at radius 2 is 2.10 bits per heavy atom. The molecule has 1 N–H and O–H groups in total. The molecule has 6 nitrogen and oxygen atoms in total. The highest BCUT2D eigenvalue weighted by Gasteiger charge is 2.20. The summed E-state index contributed by atoms with van der Waals surface area (Å²) in [6, 6.07) is 3.26. The number of nitrogens with zero attached hydrogens (tertiary/aromatic N) is 5. The molecule has 2 aromatic heterocycles. The number of rotatable bonds is 8. The van der Waals surface area contributed by atoms with Crippen molar-refractivity contribution < 1.29 is 0 Å². The van der Waals surface area contributed by atoms with E-state index in [0.29, 0.717) is 18.6 Å². The van der Waals surface area contributed by atoms with Crippen LogP contribution in [0.15, 0.2) is 18.5 Å². The molecule has 1 fully saturated rings. The van der Waals surface area contributed by atoms with Gasteiger partial charge in [0.25, 0.3) is 0 Å². The molecule has 1 saturated carbocycles. The maximum Gasteiger partial charge on any atom is 0.0965 e. The zero-order valence-electron chi connectivity index (χ0n) is 12.9. The molecule has 0 bridgehead atoms. The van der Waals surface area contributed by atoms with Crippen molar-refractivity contribution in [1.82, 2.24) is 30.1 Å². The molecule has 0 aromatic carbocycles. The molecular formula is C15H24N6. The summed E-state index contributed by atoms with van der Waals surface area (Å²) in [5.74, 6) is 0. The molecule has 0 unspecified atom stereocenters. The van der Waals surface area contributed by atoms with Crippen molar-refractivity contribution >= 4 is 0 Å². The minimum atomic E-state index is 0.493. The van der Waals surface area contributed by atoms with Crippen molar-refractivity contribution in [3.63, 3.8) is 0 Å². The molecule has 1 aliphatic carbocycles. The van der Waals surface area contributed by atoms with Crippen LogP contribution in [0.25, 0.3) is 0 Å². The Hall–Kier alpha value is -1.69. The van der Waals surface area contributed by atoms with Crippen molar-refractivity contribution in [3.8, 4) is 0 Å². The number of hydrogen-bond donors (Lipinski definition) is 1. The van der Waals surface area contributed by atoms with Gasteiger partial charge in [-0.3, -0.25) is 4.68 Å². The fraction of sp³-hybridized carbons (Fsp3) is 0.667. The maximum absolute atomic E-state index is 4.65. The predicted octanol–water partition coefficient (Wildman–Crippen LogP) is 2.14. The van der Waals surface area contributed by atoms with Crippen LogP contribution in [0, 0.1) is 0 Å². The van der Waals surface area contributed by atoms with Gasteiger partial charge in [-0.25, -0.2) is 4.68 Å². The van der Waals surface area contributed by atoms with Crippen LogP contribution < -0.4 is 5.32 Å². The molecule has 0 amide bonds. The molecule has 0 atom stereocenters. The highest BCUT2D eigenvalue weighted by Crippen LogP contribution is 2.19. The van der Waals surface area contributed by atoms with Crippen molar-refractivity contribution in [2.75, 3.05) is 0 Å². The first-order valence-electron chi connectivity index (χ1n) is 7.95. The number of nitrogens with one attached hydrogen (secondary N) is 1. The van der Waals surface area contributed by atoms with Gasteiger partial charge in [-0.1, -0.05) is 19.1 Å². The van der Waals surface area contributed by atoms with E-state index in [2.05, 4.69) is 51.5 Å². The summed E-state index contributed by atoms with van der Waals surface area (Å²) in [5.41, 5.74) is 2.04. The molecule has 0 saturated heterocycles. The fourth-order valence-corrected chi connectivity index (χ4v) is 2.53. The second kappa shape index (κ2) is 6.39. The third-order valence-corrected chi connectivity index (χ3v) is 4.04. The van der Waals surface area contributed by atoms with E-state index in [0.717, 1.165) is 30.8 Å². The summed E-state index contributed by atoms with van der Waals surface area (Å²) in [4.78, 5) is 0. The molecule has 3 rings (SSSR count). The normalized spacial score (nSPS) is 15.0. The van der Waals surface area contributed by atoms with Crippen molar-refractivity contribution in [2.45, 2.75) is 64.7 Å². The Kier molecular flexibility index (Phi) is 4.34. The minimum absolute atomic E-state index is 0.493. The van der Waals surface area contributed by atoms with E-state index in [4.69, 9.17) is 0 Å². The Bertz CT molecular complexity index is 564.